The summed E-state index contributed by atoms with van der Waals surface area (Å²) in [5.74, 6) is 2.96. The van der Waals surface area contributed by atoms with E-state index in [-0.39, 0.29) is 0 Å². The van der Waals surface area contributed by atoms with Crippen molar-refractivity contribution < 1.29 is 0 Å². The first kappa shape index (κ1) is 21.0. The maximum absolute atomic E-state index is 4.88. The van der Waals surface area contributed by atoms with E-state index in [0.29, 0.717) is 5.41 Å². The van der Waals surface area contributed by atoms with Gasteiger partial charge in [-0.3, -0.25) is 4.99 Å². The van der Waals surface area contributed by atoms with Gasteiger partial charge in [0.15, 0.2) is 0 Å². The molecule has 0 spiro atoms. The van der Waals surface area contributed by atoms with Crippen molar-refractivity contribution in [1.29, 1.82) is 0 Å². The standard InChI is InChI=1S/C31H36N2/c1-4-26-7-5-6-8-30(26)33-21(2)13-27(22(33)3)20-32-29-11-9-28(10-12-29)31-17-23-14-24(18-31)16-25(15-23)19-31/h5-13,20,23-25H,4,14-19H2,1-3H3. The Balaban J connectivity index is 1.25. The predicted octanol–water partition coefficient (Wildman–Crippen LogP) is 7.87. The summed E-state index contributed by atoms with van der Waals surface area (Å²) in [6.45, 7) is 6.62. The van der Waals surface area contributed by atoms with Gasteiger partial charge >= 0.3 is 0 Å². The molecule has 0 aliphatic heterocycles. The zero-order valence-electron chi connectivity index (χ0n) is 20.3. The average molecular weight is 437 g/mol. The van der Waals surface area contributed by atoms with Gasteiger partial charge in [-0.1, -0.05) is 37.3 Å². The van der Waals surface area contributed by atoms with E-state index in [9.17, 15) is 0 Å². The van der Waals surface area contributed by atoms with Crippen molar-refractivity contribution >= 4 is 11.9 Å². The summed E-state index contributed by atoms with van der Waals surface area (Å²) >= 11 is 0. The molecule has 3 aromatic rings. The number of hydrogen-bond donors (Lipinski definition) is 0. The molecule has 0 unspecified atom stereocenters. The van der Waals surface area contributed by atoms with Gasteiger partial charge in [0.25, 0.3) is 0 Å². The molecule has 0 saturated heterocycles. The molecule has 0 N–H and O–H groups in total. The summed E-state index contributed by atoms with van der Waals surface area (Å²) < 4.78 is 2.37. The first-order valence-corrected chi connectivity index (χ1v) is 13.0. The zero-order valence-corrected chi connectivity index (χ0v) is 20.3. The molecule has 4 saturated carbocycles. The Labute approximate surface area is 198 Å². The maximum atomic E-state index is 4.88. The molecule has 4 fully saturated rings. The lowest BCUT2D eigenvalue weighted by Gasteiger charge is -2.57. The van der Waals surface area contributed by atoms with E-state index in [0.717, 1.165) is 29.9 Å². The van der Waals surface area contributed by atoms with Crippen molar-refractivity contribution in [3.8, 4) is 5.69 Å². The number of nitrogens with zero attached hydrogens (tertiary/aromatic N) is 2. The second-order valence-corrected chi connectivity index (χ2v) is 11.1. The molecular weight excluding hydrogens is 400 g/mol. The Bertz CT molecular complexity index is 1160. The van der Waals surface area contributed by atoms with Gasteiger partial charge in [0.05, 0.1) is 5.69 Å². The molecule has 1 aromatic heterocycles. The minimum absolute atomic E-state index is 0.467. The minimum Gasteiger partial charge on any atom is -0.318 e. The summed E-state index contributed by atoms with van der Waals surface area (Å²) in [6.07, 6.45) is 11.9. The second-order valence-electron chi connectivity index (χ2n) is 11.1. The molecule has 4 bridgehead atoms. The molecule has 4 aliphatic carbocycles. The van der Waals surface area contributed by atoms with E-state index in [2.05, 4.69) is 79.9 Å². The van der Waals surface area contributed by atoms with E-state index in [1.165, 1.54) is 66.7 Å². The lowest BCUT2D eigenvalue weighted by Crippen LogP contribution is -2.48. The van der Waals surface area contributed by atoms with Gasteiger partial charge in [-0.25, -0.2) is 0 Å². The van der Waals surface area contributed by atoms with E-state index >= 15 is 0 Å². The fraction of sp³-hybridized carbons (Fsp3) is 0.452. The molecule has 2 nitrogen and oxygen atoms in total. The van der Waals surface area contributed by atoms with E-state index in [1.54, 1.807) is 5.56 Å². The molecule has 33 heavy (non-hydrogen) atoms. The highest BCUT2D eigenvalue weighted by Gasteiger charge is 2.51. The van der Waals surface area contributed by atoms with Crippen molar-refractivity contribution in [3.63, 3.8) is 0 Å². The number of aromatic nitrogens is 1. The summed E-state index contributed by atoms with van der Waals surface area (Å²) in [7, 11) is 0. The Morgan fingerprint density at radius 2 is 1.55 bits per heavy atom. The smallest absolute Gasteiger partial charge is 0.0630 e. The first-order valence-electron chi connectivity index (χ1n) is 13.0. The lowest BCUT2D eigenvalue weighted by atomic mass is 9.48. The van der Waals surface area contributed by atoms with Crippen molar-refractivity contribution in [2.45, 2.75) is 71.1 Å². The van der Waals surface area contributed by atoms with Crippen LogP contribution in [0.1, 0.15) is 73.5 Å². The number of hydrogen-bond acceptors (Lipinski definition) is 1. The van der Waals surface area contributed by atoms with Crippen LogP contribution in [0.4, 0.5) is 5.69 Å². The highest BCUT2D eigenvalue weighted by Crippen LogP contribution is 2.60. The molecule has 1 heterocycles. The number of rotatable bonds is 5. The molecule has 170 valence electrons. The van der Waals surface area contributed by atoms with Crippen LogP contribution in [-0.2, 0) is 11.8 Å². The molecule has 7 rings (SSSR count). The van der Waals surface area contributed by atoms with Crippen LogP contribution in [0.5, 0.6) is 0 Å². The molecular formula is C31H36N2. The van der Waals surface area contributed by atoms with Crippen molar-refractivity contribution in [1.82, 2.24) is 4.57 Å². The molecule has 2 aromatic carbocycles. The van der Waals surface area contributed by atoms with Gasteiger partial charge in [-0.05, 0) is 117 Å². The first-order chi connectivity index (χ1) is 16.0. The summed E-state index contributed by atoms with van der Waals surface area (Å²) in [5, 5.41) is 0. The van der Waals surface area contributed by atoms with Gasteiger partial charge in [0.1, 0.15) is 0 Å². The van der Waals surface area contributed by atoms with Crippen LogP contribution in [-0.4, -0.2) is 10.8 Å². The fourth-order valence-electron chi connectivity index (χ4n) is 7.83. The van der Waals surface area contributed by atoms with Crippen molar-refractivity contribution in [2.75, 3.05) is 0 Å². The number of aryl methyl sites for hydroxylation is 2. The minimum atomic E-state index is 0.467. The summed E-state index contributed by atoms with van der Waals surface area (Å²) in [6, 6.07) is 20.2. The van der Waals surface area contributed by atoms with Gasteiger partial charge in [0, 0.05) is 28.9 Å². The third-order valence-electron chi connectivity index (χ3n) is 8.95. The normalized spacial score (nSPS) is 28.2. The van der Waals surface area contributed by atoms with Crippen molar-refractivity contribution in [2.24, 2.45) is 22.7 Å². The molecule has 0 radical (unpaired) electrons. The predicted molar refractivity (Wildman–Crippen MR) is 138 cm³/mol. The Kier molecular flexibility index (Phi) is 5.09. The molecule has 4 aliphatic rings. The summed E-state index contributed by atoms with van der Waals surface area (Å²) in [4.78, 5) is 4.88. The quantitative estimate of drug-likeness (QED) is 0.362. The van der Waals surface area contributed by atoms with Gasteiger partial charge in [-0.15, -0.1) is 0 Å². The van der Waals surface area contributed by atoms with Gasteiger partial charge in [-0.2, -0.15) is 0 Å². The largest absolute Gasteiger partial charge is 0.318 e. The fourth-order valence-corrected chi connectivity index (χ4v) is 7.83. The molecule has 2 heteroatoms. The van der Waals surface area contributed by atoms with Crippen LogP contribution >= 0.6 is 0 Å². The Hall–Kier alpha value is -2.61. The molecule has 0 atom stereocenters. The third-order valence-corrected chi connectivity index (χ3v) is 8.95. The second kappa shape index (κ2) is 8.01. The zero-order chi connectivity index (χ0) is 22.6. The topological polar surface area (TPSA) is 17.3 Å². The SMILES string of the molecule is CCc1ccccc1-n1c(C)cc(C=Nc2ccc(C34CC5CC(CC(C5)C3)C4)cc2)c1C. The average Bonchev–Trinajstić information content (AvgIpc) is 3.10. The van der Waals surface area contributed by atoms with Crippen LogP contribution in [0.3, 0.4) is 0 Å². The molecule has 0 amide bonds. The Morgan fingerprint density at radius 1 is 0.909 bits per heavy atom. The maximum Gasteiger partial charge on any atom is 0.0630 e. The highest BCUT2D eigenvalue weighted by atomic mass is 15.0. The Morgan fingerprint density at radius 3 is 2.18 bits per heavy atom. The van der Waals surface area contributed by atoms with Crippen LogP contribution < -0.4 is 0 Å². The number of aliphatic imine (C=N–C) groups is 1. The number of benzene rings is 2. The van der Waals surface area contributed by atoms with E-state index < -0.39 is 0 Å². The van der Waals surface area contributed by atoms with Gasteiger partial charge in [0.2, 0.25) is 0 Å². The van der Waals surface area contributed by atoms with Crippen LogP contribution in [0.15, 0.2) is 59.6 Å². The van der Waals surface area contributed by atoms with Crippen LogP contribution in [0.25, 0.3) is 5.69 Å². The van der Waals surface area contributed by atoms with Gasteiger partial charge < -0.3 is 4.57 Å². The van der Waals surface area contributed by atoms with Crippen LogP contribution in [0.2, 0.25) is 0 Å². The van der Waals surface area contributed by atoms with Crippen LogP contribution in [0, 0.1) is 31.6 Å². The van der Waals surface area contributed by atoms with E-state index in [1.807, 2.05) is 6.21 Å². The third kappa shape index (κ3) is 3.59. The number of para-hydroxylation sites is 1. The summed E-state index contributed by atoms with van der Waals surface area (Å²) in [5.41, 5.74) is 9.47. The monoisotopic (exact) mass is 436 g/mol. The van der Waals surface area contributed by atoms with Crippen molar-refractivity contribution in [3.05, 3.63) is 82.7 Å². The van der Waals surface area contributed by atoms with E-state index in [4.69, 9.17) is 4.99 Å². The highest BCUT2D eigenvalue weighted by molar-refractivity contribution is 5.84. The lowest BCUT2D eigenvalue weighted by molar-refractivity contribution is -0.00518.